The van der Waals surface area contributed by atoms with Crippen molar-refractivity contribution in [1.29, 1.82) is 0 Å². The molecule has 1 aromatic heterocycles. The van der Waals surface area contributed by atoms with E-state index in [4.69, 9.17) is 4.42 Å². The van der Waals surface area contributed by atoms with Crippen LogP contribution in [0.25, 0.3) is 11.0 Å². The predicted octanol–water partition coefficient (Wildman–Crippen LogP) is 3.86. The second-order valence-electron chi connectivity index (χ2n) is 5.93. The fourth-order valence-corrected chi connectivity index (χ4v) is 2.93. The molecule has 0 saturated heterocycles. The Morgan fingerprint density at radius 1 is 1.24 bits per heavy atom. The number of nitro groups is 1. The van der Waals surface area contributed by atoms with Crippen molar-refractivity contribution in [3.8, 4) is 0 Å². The minimum atomic E-state index is -4.83. The van der Waals surface area contributed by atoms with Crippen LogP contribution in [-0.4, -0.2) is 15.9 Å². The number of hydrogen-bond donors (Lipinski definition) is 1. The molecule has 25 heavy (non-hydrogen) atoms. The van der Waals surface area contributed by atoms with Crippen molar-refractivity contribution in [3.05, 3.63) is 38.2 Å². The van der Waals surface area contributed by atoms with E-state index in [2.05, 4.69) is 10.3 Å². The second-order valence-corrected chi connectivity index (χ2v) is 5.93. The third-order valence-electron chi connectivity index (χ3n) is 4.16. The molecule has 1 aliphatic rings. The summed E-state index contributed by atoms with van der Waals surface area (Å²) in [5, 5.41) is 13.5. The molecule has 3 rings (SSSR count). The molecule has 0 unspecified atom stereocenters. The summed E-state index contributed by atoms with van der Waals surface area (Å²) in [5.74, 6) is 0. The van der Waals surface area contributed by atoms with Gasteiger partial charge in [0.25, 0.3) is 11.6 Å². The lowest BCUT2D eigenvalue weighted by Gasteiger charge is -2.22. The Balaban J connectivity index is 2.11. The van der Waals surface area contributed by atoms with Crippen LogP contribution in [0.3, 0.4) is 0 Å². The number of aromatic nitrogens is 1. The molecule has 1 aromatic carbocycles. The molecule has 0 aliphatic heterocycles. The molecule has 0 spiro atoms. The third kappa shape index (κ3) is 3.57. The fraction of sp³-hybridized carbons (Fsp3) is 0.467. The van der Waals surface area contributed by atoms with Crippen LogP contribution in [0, 0.1) is 10.1 Å². The summed E-state index contributed by atoms with van der Waals surface area (Å²) >= 11 is 0. The lowest BCUT2D eigenvalue weighted by atomic mass is 9.96. The summed E-state index contributed by atoms with van der Waals surface area (Å²) in [6, 6.07) is 0.670. The van der Waals surface area contributed by atoms with Crippen LogP contribution < -0.4 is 10.9 Å². The van der Waals surface area contributed by atoms with Gasteiger partial charge in [0, 0.05) is 12.1 Å². The second kappa shape index (κ2) is 6.34. The smallest absolute Gasteiger partial charge is 0.416 e. The number of hydrogen-bond acceptors (Lipinski definition) is 6. The molecule has 1 saturated carbocycles. The van der Waals surface area contributed by atoms with Crippen molar-refractivity contribution in [2.24, 2.45) is 0 Å². The van der Waals surface area contributed by atoms with Crippen molar-refractivity contribution in [3.63, 3.8) is 0 Å². The maximum Gasteiger partial charge on any atom is 0.416 e. The predicted molar refractivity (Wildman–Crippen MR) is 82.4 cm³/mol. The van der Waals surface area contributed by atoms with Gasteiger partial charge in [0.1, 0.15) is 0 Å². The number of fused-ring (bicyclic) bond motifs is 1. The van der Waals surface area contributed by atoms with Crippen molar-refractivity contribution in [2.45, 2.75) is 44.3 Å². The standard InChI is InChI=1S/C15H14F3N3O4/c16-15(17,18)8-6-10-12(11(7-8)21(23)24)25-14(20-13(10)22)19-9-4-2-1-3-5-9/h6-7,9H,1-5H2,(H,19,20,22). The molecular formula is C15H14F3N3O4. The first kappa shape index (κ1) is 17.2. The molecule has 2 aromatic rings. The summed E-state index contributed by atoms with van der Waals surface area (Å²) in [6.45, 7) is 0. The molecule has 0 bridgehead atoms. The first-order valence-corrected chi connectivity index (χ1v) is 7.73. The lowest BCUT2D eigenvalue weighted by molar-refractivity contribution is -0.383. The molecule has 1 aliphatic carbocycles. The van der Waals surface area contributed by atoms with Gasteiger partial charge in [-0.2, -0.15) is 18.2 Å². The van der Waals surface area contributed by atoms with Crippen molar-refractivity contribution >= 4 is 22.7 Å². The number of nitrogens with one attached hydrogen (secondary N) is 1. The van der Waals surface area contributed by atoms with Crippen LogP contribution in [0.2, 0.25) is 0 Å². The van der Waals surface area contributed by atoms with Gasteiger partial charge in [-0.05, 0) is 18.9 Å². The Labute approximate surface area is 139 Å². The van der Waals surface area contributed by atoms with E-state index in [1.54, 1.807) is 0 Å². The Bertz CT molecular complexity index is 873. The normalized spacial score (nSPS) is 16.1. The van der Waals surface area contributed by atoms with Gasteiger partial charge in [0.2, 0.25) is 5.58 Å². The number of nitro benzene ring substituents is 1. The highest BCUT2D eigenvalue weighted by molar-refractivity contribution is 5.86. The summed E-state index contributed by atoms with van der Waals surface area (Å²) in [7, 11) is 0. The average Bonchev–Trinajstić information content (AvgIpc) is 2.54. The van der Waals surface area contributed by atoms with E-state index in [1.165, 1.54) is 0 Å². The molecular weight excluding hydrogens is 343 g/mol. The lowest BCUT2D eigenvalue weighted by Crippen LogP contribution is -2.24. The maximum atomic E-state index is 12.9. The van der Waals surface area contributed by atoms with E-state index >= 15 is 0 Å². The van der Waals surface area contributed by atoms with E-state index in [9.17, 15) is 28.1 Å². The van der Waals surface area contributed by atoms with Gasteiger partial charge in [-0.15, -0.1) is 0 Å². The zero-order chi connectivity index (χ0) is 18.2. The van der Waals surface area contributed by atoms with Crippen molar-refractivity contribution in [2.75, 3.05) is 5.32 Å². The van der Waals surface area contributed by atoms with Gasteiger partial charge in [0.15, 0.2) is 0 Å². The molecule has 7 nitrogen and oxygen atoms in total. The maximum absolute atomic E-state index is 12.9. The summed E-state index contributed by atoms with van der Waals surface area (Å²) in [6.07, 6.45) is -0.0877. The van der Waals surface area contributed by atoms with E-state index in [1.807, 2.05) is 0 Å². The third-order valence-corrected chi connectivity index (χ3v) is 4.16. The van der Waals surface area contributed by atoms with E-state index in [0.717, 1.165) is 32.1 Å². The number of nitrogens with zero attached hydrogens (tertiary/aromatic N) is 2. The number of benzene rings is 1. The number of halogens is 3. The monoisotopic (exact) mass is 357 g/mol. The Hall–Kier alpha value is -2.65. The van der Waals surface area contributed by atoms with E-state index in [-0.39, 0.29) is 12.1 Å². The first-order chi connectivity index (χ1) is 11.8. The van der Waals surface area contributed by atoms with Crippen LogP contribution in [-0.2, 0) is 6.18 Å². The molecule has 0 atom stereocenters. The van der Waals surface area contributed by atoms with Crippen molar-refractivity contribution in [1.82, 2.24) is 4.98 Å². The molecule has 1 fully saturated rings. The quantitative estimate of drug-likeness (QED) is 0.662. The Kier molecular flexibility index (Phi) is 4.36. The number of non-ortho nitro benzene ring substituents is 1. The zero-order valence-corrected chi connectivity index (χ0v) is 12.9. The largest absolute Gasteiger partial charge is 0.418 e. The molecule has 1 heterocycles. The minimum Gasteiger partial charge on any atom is -0.418 e. The number of rotatable bonds is 3. The summed E-state index contributed by atoms with van der Waals surface area (Å²) in [5.41, 5.74) is -3.74. The highest BCUT2D eigenvalue weighted by Gasteiger charge is 2.34. The van der Waals surface area contributed by atoms with Crippen LogP contribution in [0.5, 0.6) is 0 Å². The van der Waals surface area contributed by atoms with E-state index < -0.39 is 38.9 Å². The van der Waals surface area contributed by atoms with Gasteiger partial charge in [-0.3, -0.25) is 14.9 Å². The molecule has 10 heteroatoms. The van der Waals surface area contributed by atoms with Crippen molar-refractivity contribution < 1.29 is 22.5 Å². The zero-order valence-electron chi connectivity index (χ0n) is 12.9. The van der Waals surface area contributed by atoms with Crippen LogP contribution in [0.4, 0.5) is 24.9 Å². The Morgan fingerprint density at radius 3 is 2.52 bits per heavy atom. The van der Waals surface area contributed by atoms with Gasteiger partial charge < -0.3 is 9.73 Å². The average molecular weight is 357 g/mol. The van der Waals surface area contributed by atoms with Crippen LogP contribution in [0.1, 0.15) is 37.7 Å². The Morgan fingerprint density at radius 2 is 1.92 bits per heavy atom. The summed E-state index contributed by atoms with van der Waals surface area (Å²) in [4.78, 5) is 25.8. The molecule has 0 amide bonds. The molecule has 0 radical (unpaired) electrons. The van der Waals surface area contributed by atoms with Crippen LogP contribution in [0.15, 0.2) is 21.3 Å². The summed E-state index contributed by atoms with van der Waals surface area (Å²) < 4.78 is 43.9. The fourth-order valence-electron chi connectivity index (χ4n) is 2.93. The van der Waals surface area contributed by atoms with Gasteiger partial charge in [-0.1, -0.05) is 19.3 Å². The minimum absolute atomic E-state index is 0.00959. The first-order valence-electron chi connectivity index (χ1n) is 7.73. The molecule has 1 N–H and O–H groups in total. The number of anilines is 1. The highest BCUT2D eigenvalue weighted by atomic mass is 19.4. The molecule has 134 valence electrons. The van der Waals surface area contributed by atoms with Crippen LogP contribution >= 0.6 is 0 Å². The van der Waals surface area contributed by atoms with E-state index in [0.29, 0.717) is 12.1 Å². The van der Waals surface area contributed by atoms with Gasteiger partial charge >= 0.3 is 11.9 Å². The number of alkyl halides is 3. The SMILES string of the molecule is O=c1nc(NC2CCCCC2)oc2c([N+](=O)[O-])cc(C(F)(F)F)cc12. The topological polar surface area (TPSA) is 98.3 Å². The van der Waals surface area contributed by atoms with Gasteiger partial charge in [-0.25, -0.2) is 0 Å². The highest BCUT2D eigenvalue weighted by Crippen LogP contribution is 2.36. The van der Waals surface area contributed by atoms with Gasteiger partial charge in [0.05, 0.1) is 15.9 Å².